The Morgan fingerprint density at radius 3 is 2.77 bits per heavy atom. The number of nitrogens with one attached hydrogen (secondary N) is 3. The molecule has 0 bridgehead atoms. The molecular formula is C23H25FN6. The molecule has 0 unspecified atom stereocenters. The van der Waals surface area contributed by atoms with Crippen molar-refractivity contribution in [3.63, 3.8) is 0 Å². The average molecular weight is 404 g/mol. The van der Waals surface area contributed by atoms with Crippen LogP contribution in [0.3, 0.4) is 0 Å². The summed E-state index contributed by atoms with van der Waals surface area (Å²) >= 11 is 0. The molecule has 3 aromatic rings. The summed E-state index contributed by atoms with van der Waals surface area (Å²) in [5.41, 5.74) is 12.2. The Kier molecular flexibility index (Phi) is 5.03. The lowest BCUT2D eigenvalue weighted by molar-refractivity contribution is 0.337. The summed E-state index contributed by atoms with van der Waals surface area (Å²) in [7, 11) is 1.84. The van der Waals surface area contributed by atoms with Crippen molar-refractivity contribution >= 4 is 11.4 Å². The molecule has 7 heteroatoms. The zero-order valence-corrected chi connectivity index (χ0v) is 17.1. The molecule has 4 rings (SSSR count). The Bertz CT molecular complexity index is 1120. The van der Waals surface area contributed by atoms with Crippen LogP contribution in [0.15, 0.2) is 48.8 Å². The van der Waals surface area contributed by atoms with Gasteiger partial charge in [-0.1, -0.05) is 31.7 Å². The SMILES string of the molecule is C=C(NC)N1Cc2nc(C(=N)c3ccc(-c4cc(F)ccc4CC)cc3N)[nH]c2C1. The second-order valence-electron chi connectivity index (χ2n) is 7.40. The van der Waals surface area contributed by atoms with Crippen molar-refractivity contribution in [1.82, 2.24) is 20.2 Å². The number of halogens is 1. The van der Waals surface area contributed by atoms with Crippen LogP contribution in [0.1, 0.15) is 35.3 Å². The lowest BCUT2D eigenvalue weighted by Crippen LogP contribution is -2.24. The van der Waals surface area contributed by atoms with Gasteiger partial charge in [0.15, 0.2) is 5.82 Å². The minimum Gasteiger partial charge on any atom is -0.398 e. The number of hydrogen-bond acceptors (Lipinski definition) is 5. The zero-order valence-electron chi connectivity index (χ0n) is 17.1. The molecule has 0 radical (unpaired) electrons. The summed E-state index contributed by atoms with van der Waals surface area (Å²) in [6, 6.07) is 10.3. The first-order chi connectivity index (χ1) is 14.4. The van der Waals surface area contributed by atoms with E-state index in [1.54, 1.807) is 18.2 Å². The number of H-pyrrole nitrogens is 1. The molecule has 0 atom stereocenters. The quantitative estimate of drug-likeness (QED) is 0.371. The van der Waals surface area contributed by atoms with Crippen LogP contribution in [0.4, 0.5) is 10.1 Å². The number of aromatic nitrogens is 2. The van der Waals surface area contributed by atoms with E-state index in [4.69, 9.17) is 11.1 Å². The van der Waals surface area contributed by atoms with E-state index in [0.717, 1.165) is 40.3 Å². The Balaban J connectivity index is 1.60. The van der Waals surface area contributed by atoms with Crippen LogP contribution < -0.4 is 11.1 Å². The maximum Gasteiger partial charge on any atom is 0.156 e. The third-order valence-electron chi connectivity index (χ3n) is 5.55. The van der Waals surface area contributed by atoms with Gasteiger partial charge in [0, 0.05) is 18.3 Å². The molecule has 30 heavy (non-hydrogen) atoms. The largest absolute Gasteiger partial charge is 0.398 e. The van der Waals surface area contributed by atoms with Gasteiger partial charge in [0.1, 0.15) is 11.5 Å². The number of imidazole rings is 1. The molecule has 154 valence electrons. The number of nitrogen functional groups attached to an aromatic ring is 1. The smallest absolute Gasteiger partial charge is 0.156 e. The van der Waals surface area contributed by atoms with Crippen LogP contribution in [0.5, 0.6) is 0 Å². The maximum absolute atomic E-state index is 13.8. The molecule has 2 heterocycles. The van der Waals surface area contributed by atoms with Gasteiger partial charge < -0.3 is 20.9 Å². The predicted molar refractivity (Wildman–Crippen MR) is 118 cm³/mol. The molecule has 0 amide bonds. The van der Waals surface area contributed by atoms with E-state index in [-0.39, 0.29) is 11.5 Å². The van der Waals surface area contributed by atoms with Gasteiger partial charge in [-0.3, -0.25) is 5.41 Å². The summed E-state index contributed by atoms with van der Waals surface area (Å²) in [5, 5.41) is 11.6. The Morgan fingerprint density at radius 2 is 2.10 bits per heavy atom. The second-order valence-corrected chi connectivity index (χ2v) is 7.40. The molecule has 1 aromatic heterocycles. The van der Waals surface area contributed by atoms with E-state index < -0.39 is 0 Å². The van der Waals surface area contributed by atoms with Crippen LogP contribution in [0, 0.1) is 11.2 Å². The normalized spacial score (nSPS) is 12.7. The highest BCUT2D eigenvalue weighted by molar-refractivity contribution is 6.12. The fourth-order valence-corrected chi connectivity index (χ4v) is 3.81. The fourth-order valence-electron chi connectivity index (χ4n) is 3.81. The van der Waals surface area contributed by atoms with Crippen LogP contribution >= 0.6 is 0 Å². The first kappa shape index (κ1) is 19.7. The monoisotopic (exact) mass is 404 g/mol. The minimum absolute atomic E-state index is 0.238. The highest BCUT2D eigenvalue weighted by atomic mass is 19.1. The topological polar surface area (TPSA) is 93.8 Å². The molecule has 0 spiro atoms. The molecule has 0 aliphatic carbocycles. The van der Waals surface area contributed by atoms with Crippen molar-refractivity contribution in [2.75, 3.05) is 12.8 Å². The standard InChI is InChI=1S/C23H25FN6/c1-4-14-5-7-16(24)10-18(14)15-6-8-17(19(25)9-15)22(26)23-28-20-11-30(13(2)27-3)12-21(20)29-23/h5-10,26-27H,2,4,11-12,25H2,1,3H3,(H,28,29). The van der Waals surface area contributed by atoms with Crippen molar-refractivity contribution in [2.24, 2.45) is 0 Å². The lowest BCUT2D eigenvalue weighted by Gasteiger charge is -2.19. The van der Waals surface area contributed by atoms with Gasteiger partial charge in [0.05, 0.1) is 30.3 Å². The van der Waals surface area contributed by atoms with Crippen molar-refractivity contribution in [2.45, 2.75) is 26.4 Å². The van der Waals surface area contributed by atoms with E-state index in [9.17, 15) is 4.39 Å². The molecule has 0 saturated carbocycles. The Labute approximate surface area is 175 Å². The highest BCUT2D eigenvalue weighted by Crippen LogP contribution is 2.30. The molecule has 2 aromatic carbocycles. The zero-order chi connectivity index (χ0) is 21.4. The summed E-state index contributed by atoms with van der Waals surface area (Å²) in [6.45, 7) is 7.33. The Morgan fingerprint density at radius 1 is 1.30 bits per heavy atom. The minimum atomic E-state index is -0.280. The molecular weight excluding hydrogens is 379 g/mol. The van der Waals surface area contributed by atoms with Crippen molar-refractivity contribution in [3.8, 4) is 11.1 Å². The number of fused-ring (bicyclic) bond motifs is 1. The number of aryl methyl sites for hydroxylation is 1. The van der Waals surface area contributed by atoms with Gasteiger partial charge in [-0.2, -0.15) is 0 Å². The lowest BCUT2D eigenvalue weighted by atomic mass is 9.95. The molecule has 1 aliphatic rings. The van der Waals surface area contributed by atoms with Gasteiger partial charge in [-0.25, -0.2) is 9.37 Å². The number of aromatic amines is 1. The molecule has 0 saturated heterocycles. The van der Waals surface area contributed by atoms with Gasteiger partial charge in [-0.05, 0) is 41.3 Å². The van der Waals surface area contributed by atoms with E-state index >= 15 is 0 Å². The van der Waals surface area contributed by atoms with Crippen LogP contribution in [0.2, 0.25) is 0 Å². The van der Waals surface area contributed by atoms with E-state index in [0.29, 0.717) is 30.2 Å². The van der Waals surface area contributed by atoms with Gasteiger partial charge in [0.2, 0.25) is 0 Å². The highest BCUT2D eigenvalue weighted by Gasteiger charge is 2.25. The number of rotatable bonds is 6. The fraction of sp³-hybridized carbons (Fsp3) is 0.217. The van der Waals surface area contributed by atoms with Crippen molar-refractivity contribution < 1.29 is 4.39 Å². The third kappa shape index (κ3) is 3.43. The van der Waals surface area contributed by atoms with Gasteiger partial charge >= 0.3 is 0 Å². The summed E-state index contributed by atoms with van der Waals surface area (Å²) in [4.78, 5) is 9.93. The van der Waals surface area contributed by atoms with Crippen molar-refractivity contribution in [1.29, 1.82) is 5.41 Å². The summed E-state index contributed by atoms with van der Waals surface area (Å²) in [6.07, 6.45) is 0.794. The summed E-state index contributed by atoms with van der Waals surface area (Å²) in [5.74, 6) is 1.05. The number of benzene rings is 2. The number of anilines is 1. The van der Waals surface area contributed by atoms with Gasteiger partial charge in [-0.15, -0.1) is 0 Å². The summed E-state index contributed by atoms with van der Waals surface area (Å²) < 4.78 is 13.8. The molecule has 6 nitrogen and oxygen atoms in total. The van der Waals surface area contributed by atoms with E-state index in [1.165, 1.54) is 12.1 Å². The molecule has 1 aliphatic heterocycles. The van der Waals surface area contributed by atoms with Crippen LogP contribution in [-0.2, 0) is 19.5 Å². The van der Waals surface area contributed by atoms with Gasteiger partial charge in [0.25, 0.3) is 0 Å². The third-order valence-corrected chi connectivity index (χ3v) is 5.55. The van der Waals surface area contributed by atoms with E-state index in [1.807, 2.05) is 20.0 Å². The number of nitrogens with two attached hydrogens (primary N) is 1. The molecule has 5 N–H and O–H groups in total. The van der Waals surface area contributed by atoms with E-state index in [2.05, 4.69) is 26.8 Å². The second kappa shape index (κ2) is 7.67. The number of nitrogens with zero attached hydrogens (tertiary/aromatic N) is 2. The first-order valence-electron chi connectivity index (χ1n) is 9.88. The number of hydrogen-bond donors (Lipinski definition) is 4. The van der Waals surface area contributed by atoms with Crippen LogP contribution in [-0.4, -0.2) is 27.6 Å². The predicted octanol–water partition coefficient (Wildman–Crippen LogP) is 3.78. The maximum atomic E-state index is 13.8. The average Bonchev–Trinajstić information content (AvgIpc) is 3.32. The van der Waals surface area contributed by atoms with Crippen molar-refractivity contribution in [3.05, 3.63) is 83.0 Å². The van der Waals surface area contributed by atoms with Crippen LogP contribution in [0.25, 0.3) is 11.1 Å². The first-order valence-corrected chi connectivity index (χ1v) is 9.88. The molecule has 0 fully saturated rings. The Hall–Kier alpha value is -3.61.